The number of carbonyl (C=O) groups is 2. The Morgan fingerprint density at radius 3 is 2.75 bits per heavy atom. The number of halogens is 1. The molecule has 2 aliphatic rings. The van der Waals surface area contributed by atoms with E-state index in [0.717, 1.165) is 54.5 Å². The predicted molar refractivity (Wildman–Crippen MR) is 167 cm³/mol. The summed E-state index contributed by atoms with van der Waals surface area (Å²) in [6.45, 7) is 1.57. The van der Waals surface area contributed by atoms with Gasteiger partial charge in [0, 0.05) is 36.6 Å². The standard InChI is InChI=1S/C33H33ClN4O6/c1-41-33(40)28-12-11-27(32(38-28)35-18-23-13-15-42-23)36-29(39)17-20-5-7-21(8-6-20)26-3-2-4-30(37-26)44-19-22-9-10-25(34)24-14-16-43-31(22)24/h2-4,7,9-12,14,16,20,23H,5-6,8,13,15,17-19H2,1H3,(H,35,38)(H,36,39)/t20?,23-/m0/s1. The van der Waals surface area contributed by atoms with Gasteiger partial charge in [-0.3, -0.25) is 4.79 Å². The Hall–Kier alpha value is -4.41. The highest BCUT2D eigenvalue weighted by atomic mass is 35.5. The number of ether oxygens (including phenoxy) is 3. The van der Waals surface area contributed by atoms with Crippen molar-refractivity contribution in [2.24, 2.45) is 5.92 Å². The van der Waals surface area contributed by atoms with Gasteiger partial charge in [-0.25, -0.2) is 14.8 Å². The minimum atomic E-state index is -0.543. The highest BCUT2D eigenvalue weighted by Gasteiger charge is 2.22. The van der Waals surface area contributed by atoms with Crippen molar-refractivity contribution in [2.75, 3.05) is 30.9 Å². The molecule has 0 bridgehead atoms. The van der Waals surface area contributed by atoms with Gasteiger partial charge < -0.3 is 29.3 Å². The van der Waals surface area contributed by atoms with Crippen molar-refractivity contribution < 1.29 is 28.2 Å². The van der Waals surface area contributed by atoms with E-state index in [1.165, 1.54) is 7.11 Å². The van der Waals surface area contributed by atoms with Crippen LogP contribution < -0.4 is 15.4 Å². The minimum Gasteiger partial charge on any atom is -0.473 e. The normalized spacial score (nSPS) is 17.8. The summed E-state index contributed by atoms with van der Waals surface area (Å²) in [4.78, 5) is 34.1. The van der Waals surface area contributed by atoms with E-state index < -0.39 is 5.97 Å². The maximum absolute atomic E-state index is 13.0. The zero-order chi connectivity index (χ0) is 30.5. The van der Waals surface area contributed by atoms with Gasteiger partial charge in [-0.2, -0.15) is 0 Å². The molecule has 4 heterocycles. The number of benzene rings is 1. The molecular weight excluding hydrogens is 584 g/mol. The van der Waals surface area contributed by atoms with Crippen LogP contribution in [0.15, 0.2) is 65.3 Å². The summed E-state index contributed by atoms with van der Waals surface area (Å²) in [5.41, 5.74) is 4.29. The summed E-state index contributed by atoms with van der Waals surface area (Å²) >= 11 is 6.26. The number of furan rings is 1. The summed E-state index contributed by atoms with van der Waals surface area (Å²) in [6, 6.07) is 14.5. The molecule has 0 radical (unpaired) electrons. The van der Waals surface area contributed by atoms with Crippen molar-refractivity contribution in [1.82, 2.24) is 9.97 Å². The van der Waals surface area contributed by atoms with Crippen LogP contribution in [0, 0.1) is 5.92 Å². The molecule has 1 fully saturated rings. The zero-order valence-corrected chi connectivity index (χ0v) is 25.1. The first-order chi connectivity index (χ1) is 21.5. The number of allylic oxidation sites excluding steroid dienone is 2. The second-order valence-electron chi connectivity index (χ2n) is 10.9. The van der Waals surface area contributed by atoms with E-state index in [0.29, 0.717) is 47.6 Å². The molecule has 3 aromatic heterocycles. The number of anilines is 2. The zero-order valence-electron chi connectivity index (χ0n) is 24.3. The lowest BCUT2D eigenvalue weighted by Gasteiger charge is -2.27. The maximum Gasteiger partial charge on any atom is 0.356 e. The van der Waals surface area contributed by atoms with E-state index in [2.05, 4.69) is 21.7 Å². The number of nitrogens with zero attached hydrogens (tertiary/aromatic N) is 2. The number of aromatic nitrogens is 2. The summed E-state index contributed by atoms with van der Waals surface area (Å²) in [5, 5.41) is 7.67. The lowest BCUT2D eigenvalue weighted by molar-refractivity contribution is -0.117. The van der Waals surface area contributed by atoms with Gasteiger partial charge in [-0.15, -0.1) is 0 Å². The molecule has 2 atom stereocenters. The molecule has 1 saturated heterocycles. The lowest BCUT2D eigenvalue weighted by atomic mass is 9.86. The van der Waals surface area contributed by atoms with Crippen LogP contribution in [0.25, 0.3) is 16.5 Å². The van der Waals surface area contributed by atoms with Gasteiger partial charge in [0.15, 0.2) is 11.5 Å². The van der Waals surface area contributed by atoms with Crippen LogP contribution in [0.2, 0.25) is 5.02 Å². The van der Waals surface area contributed by atoms with Gasteiger partial charge in [0.05, 0.1) is 35.9 Å². The Labute approximate surface area is 259 Å². The van der Waals surface area contributed by atoms with E-state index in [9.17, 15) is 9.59 Å². The number of methoxy groups -OCH3 is 1. The van der Waals surface area contributed by atoms with E-state index in [4.69, 9.17) is 35.2 Å². The summed E-state index contributed by atoms with van der Waals surface area (Å²) in [7, 11) is 1.31. The third-order valence-electron chi connectivity index (χ3n) is 7.92. The number of esters is 1. The Balaban J connectivity index is 1.05. The molecule has 0 saturated carbocycles. The highest BCUT2D eigenvalue weighted by molar-refractivity contribution is 6.35. The van der Waals surface area contributed by atoms with E-state index >= 15 is 0 Å². The maximum atomic E-state index is 13.0. The van der Waals surface area contributed by atoms with Gasteiger partial charge in [0.25, 0.3) is 0 Å². The van der Waals surface area contributed by atoms with Crippen LogP contribution in [0.1, 0.15) is 53.8 Å². The fourth-order valence-corrected chi connectivity index (χ4v) is 5.58. The van der Waals surface area contributed by atoms with Crippen LogP contribution in [-0.4, -0.2) is 48.2 Å². The SMILES string of the molecule is COC(=O)c1ccc(NC(=O)CC2CC=C(c3cccc(OCc4ccc(Cl)c5ccoc45)n3)CC2)c(NC[C@@H]2CCO2)n1. The van der Waals surface area contributed by atoms with Gasteiger partial charge >= 0.3 is 5.97 Å². The van der Waals surface area contributed by atoms with Crippen molar-refractivity contribution in [3.05, 3.63) is 82.8 Å². The molecule has 228 valence electrons. The predicted octanol–water partition coefficient (Wildman–Crippen LogP) is 6.65. The molecule has 1 aliphatic carbocycles. The lowest BCUT2D eigenvalue weighted by Crippen LogP contribution is -2.34. The van der Waals surface area contributed by atoms with Crippen molar-refractivity contribution in [2.45, 2.75) is 44.8 Å². The largest absolute Gasteiger partial charge is 0.473 e. The topological polar surface area (TPSA) is 125 Å². The van der Waals surface area contributed by atoms with Crippen LogP contribution in [0.4, 0.5) is 11.5 Å². The van der Waals surface area contributed by atoms with Crippen molar-refractivity contribution in [3.63, 3.8) is 0 Å². The first kappa shape index (κ1) is 29.7. The fraction of sp³-hybridized carbons (Fsp3) is 0.333. The van der Waals surface area contributed by atoms with Gasteiger partial charge in [0.1, 0.15) is 12.2 Å². The second-order valence-corrected chi connectivity index (χ2v) is 11.3. The smallest absolute Gasteiger partial charge is 0.356 e. The van der Waals surface area contributed by atoms with Crippen LogP contribution in [0.3, 0.4) is 0 Å². The Bertz CT molecular complexity index is 1700. The molecule has 2 N–H and O–H groups in total. The first-order valence-electron chi connectivity index (χ1n) is 14.7. The molecule has 44 heavy (non-hydrogen) atoms. The van der Waals surface area contributed by atoms with Gasteiger partial charge in [0.2, 0.25) is 11.8 Å². The van der Waals surface area contributed by atoms with Crippen molar-refractivity contribution in [1.29, 1.82) is 0 Å². The van der Waals surface area contributed by atoms with Crippen molar-refractivity contribution >= 4 is 51.5 Å². The van der Waals surface area contributed by atoms with Crippen LogP contribution in [-0.2, 0) is 20.9 Å². The minimum absolute atomic E-state index is 0.0864. The van der Waals surface area contributed by atoms with Crippen molar-refractivity contribution in [3.8, 4) is 5.88 Å². The average Bonchev–Trinajstić information content (AvgIpc) is 3.52. The molecule has 0 spiro atoms. The molecule has 11 heteroatoms. The van der Waals surface area contributed by atoms with Crippen LogP contribution in [0.5, 0.6) is 5.88 Å². The molecule has 1 unspecified atom stereocenters. The summed E-state index contributed by atoms with van der Waals surface area (Å²) < 4.78 is 21.9. The van der Waals surface area contributed by atoms with Gasteiger partial charge in [-0.05, 0) is 67.5 Å². The van der Waals surface area contributed by atoms with E-state index in [1.54, 1.807) is 18.4 Å². The number of pyridine rings is 2. The third-order valence-corrected chi connectivity index (χ3v) is 8.25. The number of rotatable bonds is 11. The van der Waals surface area contributed by atoms with E-state index in [1.807, 2.05) is 36.4 Å². The highest BCUT2D eigenvalue weighted by Crippen LogP contribution is 2.33. The van der Waals surface area contributed by atoms with E-state index in [-0.39, 0.29) is 23.6 Å². The molecule has 1 aromatic carbocycles. The number of hydrogen-bond acceptors (Lipinski definition) is 9. The number of fused-ring (bicyclic) bond motifs is 1. The van der Waals surface area contributed by atoms with Crippen LogP contribution >= 0.6 is 11.6 Å². The fourth-order valence-electron chi connectivity index (χ4n) is 5.36. The number of hydrogen-bond donors (Lipinski definition) is 2. The third kappa shape index (κ3) is 6.87. The molecule has 10 nitrogen and oxygen atoms in total. The molecule has 1 aliphatic heterocycles. The molecule has 4 aromatic rings. The number of nitrogens with one attached hydrogen (secondary N) is 2. The number of carbonyl (C=O) groups excluding carboxylic acids is 2. The van der Waals surface area contributed by atoms with Gasteiger partial charge in [-0.1, -0.05) is 29.8 Å². The second kappa shape index (κ2) is 13.5. The first-order valence-corrected chi connectivity index (χ1v) is 15.0. The molecule has 1 amide bonds. The average molecular weight is 617 g/mol. The molecule has 6 rings (SSSR count). The summed E-state index contributed by atoms with van der Waals surface area (Å²) in [5.74, 6) is 0.490. The Morgan fingerprint density at radius 2 is 1.98 bits per heavy atom. The monoisotopic (exact) mass is 616 g/mol. The Morgan fingerprint density at radius 1 is 1.09 bits per heavy atom. The Kier molecular flexibility index (Phi) is 9.09. The number of amides is 1. The quantitative estimate of drug-likeness (QED) is 0.178. The summed E-state index contributed by atoms with van der Waals surface area (Å²) in [6.07, 6.45) is 7.62. The molecular formula is C33H33ClN4O6.